The van der Waals surface area contributed by atoms with Gasteiger partial charge in [-0.1, -0.05) is 6.92 Å². The summed E-state index contributed by atoms with van der Waals surface area (Å²) in [4.78, 5) is 16.8. The van der Waals surface area contributed by atoms with Gasteiger partial charge >= 0.3 is 0 Å². The molecule has 0 spiro atoms. The predicted octanol–water partition coefficient (Wildman–Crippen LogP) is 1.96. The number of benzene rings is 1. The predicted molar refractivity (Wildman–Crippen MR) is 78.0 cm³/mol. The number of anilines is 1. The molecule has 1 saturated heterocycles. The van der Waals surface area contributed by atoms with Gasteiger partial charge in [-0.05, 0) is 44.6 Å². The first-order chi connectivity index (χ1) is 9.52. The van der Waals surface area contributed by atoms with Crippen molar-refractivity contribution in [1.82, 2.24) is 9.80 Å². The molecule has 1 aliphatic heterocycles. The van der Waals surface area contributed by atoms with Crippen LogP contribution in [0, 0.1) is 5.82 Å². The highest BCUT2D eigenvalue weighted by molar-refractivity contribution is 5.95. The first-order valence-corrected chi connectivity index (χ1v) is 7.07. The molecular weight excluding hydrogens is 257 g/mol. The van der Waals surface area contributed by atoms with Gasteiger partial charge in [-0.3, -0.25) is 4.79 Å². The van der Waals surface area contributed by atoms with Crippen molar-refractivity contribution in [2.75, 3.05) is 32.4 Å². The highest BCUT2D eigenvalue weighted by Gasteiger charge is 2.27. The van der Waals surface area contributed by atoms with Crippen LogP contribution in [0.25, 0.3) is 0 Å². The minimum Gasteiger partial charge on any atom is -0.396 e. The number of rotatable bonds is 2. The molecule has 5 heteroatoms. The number of nitrogens with two attached hydrogens (primary N) is 1. The molecule has 4 nitrogen and oxygen atoms in total. The van der Waals surface area contributed by atoms with Crippen LogP contribution in [0.3, 0.4) is 0 Å². The molecule has 0 saturated carbocycles. The third-order valence-corrected chi connectivity index (χ3v) is 3.88. The number of carbonyl (C=O) groups excluding carboxylic acids is 1. The summed E-state index contributed by atoms with van der Waals surface area (Å²) in [7, 11) is 2.08. The highest BCUT2D eigenvalue weighted by atomic mass is 19.1. The summed E-state index contributed by atoms with van der Waals surface area (Å²) >= 11 is 0. The minimum atomic E-state index is -0.482. The van der Waals surface area contributed by atoms with E-state index in [1.54, 1.807) is 0 Å². The Morgan fingerprint density at radius 1 is 1.45 bits per heavy atom. The van der Waals surface area contributed by atoms with E-state index in [4.69, 9.17) is 5.73 Å². The average molecular weight is 279 g/mol. The fourth-order valence-corrected chi connectivity index (χ4v) is 2.70. The number of likely N-dealkylation sites (N-methyl/N-ethyl adjacent to an activating group) is 1. The Labute approximate surface area is 119 Å². The maximum absolute atomic E-state index is 13.2. The van der Waals surface area contributed by atoms with E-state index < -0.39 is 5.82 Å². The van der Waals surface area contributed by atoms with E-state index in [1.807, 2.05) is 4.90 Å². The van der Waals surface area contributed by atoms with E-state index in [0.29, 0.717) is 5.56 Å². The van der Waals surface area contributed by atoms with Crippen LogP contribution in [0.4, 0.5) is 10.1 Å². The normalized spacial score (nSPS) is 20.8. The van der Waals surface area contributed by atoms with E-state index in [2.05, 4.69) is 18.9 Å². The first kappa shape index (κ1) is 14.8. The summed E-state index contributed by atoms with van der Waals surface area (Å²) in [5.74, 6) is -0.539. The Morgan fingerprint density at radius 3 is 2.85 bits per heavy atom. The minimum absolute atomic E-state index is 0.0239. The lowest BCUT2D eigenvalue weighted by molar-refractivity contribution is 0.0675. The zero-order valence-corrected chi connectivity index (χ0v) is 12.1. The molecule has 0 aromatic heterocycles. The Hall–Kier alpha value is -1.62. The molecule has 2 rings (SSSR count). The average Bonchev–Trinajstić information content (AvgIpc) is 2.62. The molecule has 1 aliphatic rings. The van der Waals surface area contributed by atoms with Gasteiger partial charge in [0.25, 0.3) is 5.91 Å². The van der Waals surface area contributed by atoms with Gasteiger partial charge in [0.05, 0.1) is 5.69 Å². The van der Waals surface area contributed by atoms with Gasteiger partial charge in [-0.25, -0.2) is 4.39 Å². The van der Waals surface area contributed by atoms with Crippen molar-refractivity contribution < 1.29 is 9.18 Å². The summed E-state index contributed by atoms with van der Waals surface area (Å²) < 4.78 is 13.2. The molecule has 1 amide bonds. The van der Waals surface area contributed by atoms with Crippen LogP contribution in [-0.2, 0) is 0 Å². The summed E-state index contributed by atoms with van der Waals surface area (Å²) in [6.07, 6.45) is 1.86. The highest BCUT2D eigenvalue weighted by Crippen LogP contribution is 2.18. The summed E-state index contributed by atoms with van der Waals surface area (Å²) in [5.41, 5.74) is 6.04. The van der Waals surface area contributed by atoms with Crippen molar-refractivity contribution in [3.8, 4) is 0 Å². The van der Waals surface area contributed by atoms with E-state index in [0.717, 1.165) is 32.5 Å². The molecule has 1 unspecified atom stereocenters. The fraction of sp³-hybridized carbons (Fsp3) is 0.533. The number of halogens is 1. The molecule has 1 atom stereocenters. The zero-order chi connectivity index (χ0) is 14.7. The second kappa shape index (κ2) is 6.22. The van der Waals surface area contributed by atoms with Crippen molar-refractivity contribution >= 4 is 11.6 Å². The Bertz CT molecular complexity index is 492. The quantitative estimate of drug-likeness (QED) is 0.842. The van der Waals surface area contributed by atoms with Crippen LogP contribution >= 0.6 is 0 Å². The van der Waals surface area contributed by atoms with E-state index >= 15 is 0 Å². The molecule has 0 radical (unpaired) electrons. The first-order valence-electron chi connectivity index (χ1n) is 7.07. The van der Waals surface area contributed by atoms with Crippen LogP contribution in [0.2, 0.25) is 0 Å². The van der Waals surface area contributed by atoms with Crippen LogP contribution in [0.15, 0.2) is 18.2 Å². The number of nitrogen functional groups attached to an aromatic ring is 1. The molecule has 2 N–H and O–H groups in total. The van der Waals surface area contributed by atoms with Gasteiger partial charge in [0.15, 0.2) is 0 Å². The van der Waals surface area contributed by atoms with E-state index in [1.165, 1.54) is 18.2 Å². The molecule has 1 fully saturated rings. The topological polar surface area (TPSA) is 49.6 Å². The van der Waals surface area contributed by atoms with Gasteiger partial charge < -0.3 is 15.5 Å². The summed E-state index contributed by atoms with van der Waals surface area (Å²) in [6, 6.07) is 4.39. The van der Waals surface area contributed by atoms with E-state index in [9.17, 15) is 9.18 Å². The molecule has 1 aromatic rings. The van der Waals surface area contributed by atoms with Crippen LogP contribution < -0.4 is 5.73 Å². The van der Waals surface area contributed by atoms with Crippen LogP contribution in [0.5, 0.6) is 0 Å². The van der Waals surface area contributed by atoms with Crippen molar-refractivity contribution in [2.45, 2.75) is 25.8 Å². The van der Waals surface area contributed by atoms with Gasteiger partial charge in [0.2, 0.25) is 0 Å². The third-order valence-electron chi connectivity index (χ3n) is 3.88. The number of amides is 1. The molecule has 110 valence electrons. The third kappa shape index (κ3) is 3.10. The van der Waals surface area contributed by atoms with Crippen molar-refractivity contribution in [1.29, 1.82) is 0 Å². The molecule has 0 aliphatic carbocycles. The monoisotopic (exact) mass is 279 g/mol. The van der Waals surface area contributed by atoms with Crippen LogP contribution in [0.1, 0.15) is 30.1 Å². The summed E-state index contributed by atoms with van der Waals surface area (Å²) in [5, 5.41) is 0. The zero-order valence-electron chi connectivity index (χ0n) is 12.1. The van der Waals surface area contributed by atoms with Gasteiger partial charge in [0, 0.05) is 24.7 Å². The fourth-order valence-electron chi connectivity index (χ4n) is 2.70. The maximum Gasteiger partial charge on any atom is 0.254 e. The molecule has 1 heterocycles. The Morgan fingerprint density at radius 2 is 2.20 bits per heavy atom. The Balaban J connectivity index is 2.23. The Kier molecular flexibility index (Phi) is 4.60. The van der Waals surface area contributed by atoms with Gasteiger partial charge in [-0.15, -0.1) is 0 Å². The molecule has 1 aromatic carbocycles. The number of hydrogen-bond donors (Lipinski definition) is 1. The molecular formula is C15H22FN3O. The summed E-state index contributed by atoms with van der Waals surface area (Å²) in [6.45, 7) is 4.69. The second-order valence-corrected chi connectivity index (χ2v) is 5.41. The van der Waals surface area contributed by atoms with Crippen molar-refractivity contribution in [3.05, 3.63) is 29.6 Å². The standard InChI is InChI=1S/C15H22FN3O/c1-3-12-10-18(2)7-4-8-19(12)15(20)11-5-6-13(16)14(17)9-11/h5-6,9,12H,3-4,7-8,10,17H2,1-2H3. The second-order valence-electron chi connectivity index (χ2n) is 5.41. The number of hydrogen-bond acceptors (Lipinski definition) is 3. The smallest absolute Gasteiger partial charge is 0.254 e. The van der Waals surface area contributed by atoms with Gasteiger partial charge in [0.1, 0.15) is 5.82 Å². The van der Waals surface area contributed by atoms with Crippen LogP contribution in [-0.4, -0.2) is 48.4 Å². The lowest BCUT2D eigenvalue weighted by Crippen LogP contribution is -2.43. The molecule has 0 bridgehead atoms. The van der Waals surface area contributed by atoms with Gasteiger partial charge in [-0.2, -0.15) is 0 Å². The van der Waals surface area contributed by atoms with E-state index in [-0.39, 0.29) is 17.6 Å². The number of nitrogens with zero attached hydrogens (tertiary/aromatic N) is 2. The SMILES string of the molecule is CCC1CN(C)CCCN1C(=O)c1ccc(F)c(N)c1. The lowest BCUT2D eigenvalue weighted by atomic mass is 10.1. The van der Waals surface area contributed by atoms with Crippen molar-refractivity contribution in [3.63, 3.8) is 0 Å². The molecule has 20 heavy (non-hydrogen) atoms. The maximum atomic E-state index is 13.2. The largest absolute Gasteiger partial charge is 0.396 e. The van der Waals surface area contributed by atoms with Crippen molar-refractivity contribution in [2.24, 2.45) is 0 Å². The lowest BCUT2D eigenvalue weighted by Gasteiger charge is -2.30. The number of carbonyl (C=O) groups is 1.